The van der Waals surface area contributed by atoms with Gasteiger partial charge < -0.3 is 9.64 Å². The summed E-state index contributed by atoms with van der Waals surface area (Å²) in [5.74, 6) is -0.392. The molecule has 3 aromatic rings. The van der Waals surface area contributed by atoms with E-state index in [4.69, 9.17) is 4.74 Å². The third kappa shape index (κ3) is 5.70. The predicted octanol–water partition coefficient (Wildman–Crippen LogP) is 5.57. The Morgan fingerprint density at radius 1 is 1.26 bits per heavy atom. The van der Waals surface area contributed by atoms with Crippen molar-refractivity contribution in [3.05, 3.63) is 64.7 Å². The maximum atomic E-state index is 11.5. The lowest BCUT2D eigenvalue weighted by atomic mass is 10.2. The number of nitrogens with zero attached hydrogens (tertiary/aromatic N) is 5. The molecule has 0 saturated heterocycles. The molecule has 0 fully saturated rings. The number of anilines is 1. The second-order valence-electron chi connectivity index (χ2n) is 6.62. The minimum absolute atomic E-state index is 0.0186. The lowest BCUT2D eigenvalue weighted by Gasteiger charge is -2.22. The number of non-ortho nitro benzene ring substituents is 1. The summed E-state index contributed by atoms with van der Waals surface area (Å²) >= 11 is 1.24. The molecule has 1 aromatic heterocycles. The van der Waals surface area contributed by atoms with Crippen LogP contribution in [0.2, 0.25) is 0 Å². The number of likely N-dealkylation sites (N-methyl/N-ethyl adjacent to an activating group) is 1. The normalized spacial score (nSPS) is 11.0. The van der Waals surface area contributed by atoms with Crippen molar-refractivity contribution >= 4 is 49.7 Å². The Balaban J connectivity index is 1.64. The highest BCUT2D eigenvalue weighted by Crippen LogP contribution is 2.32. The number of thiazole rings is 1. The van der Waals surface area contributed by atoms with Crippen LogP contribution >= 0.6 is 11.3 Å². The van der Waals surface area contributed by atoms with Crippen molar-refractivity contribution in [2.24, 2.45) is 10.2 Å². The van der Waals surface area contributed by atoms with Gasteiger partial charge in [-0.15, -0.1) is 10.2 Å². The topological polar surface area (TPSA) is 110 Å². The minimum atomic E-state index is -0.439. The zero-order valence-corrected chi connectivity index (χ0v) is 18.0. The van der Waals surface area contributed by atoms with Gasteiger partial charge in [0.1, 0.15) is 6.61 Å². The van der Waals surface area contributed by atoms with Crippen LogP contribution in [0.4, 0.5) is 22.2 Å². The standard InChI is InChI=1S/C21H21N5O4S/c1-4-25(11-12-30-20(27)14(2)3)16-7-5-15(6-8-16)23-24-21-22-18-10-9-17(26(28)29)13-19(18)31-21/h5-10,13H,2,4,11-12H2,1,3H3. The Labute approximate surface area is 182 Å². The van der Waals surface area contributed by atoms with Gasteiger partial charge in [-0.05, 0) is 44.2 Å². The van der Waals surface area contributed by atoms with Crippen LogP contribution in [0.5, 0.6) is 0 Å². The number of benzene rings is 2. The molecule has 0 aliphatic rings. The van der Waals surface area contributed by atoms with Gasteiger partial charge in [-0.3, -0.25) is 10.1 Å². The average Bonchev–Trinajstić information content (AvgIpc) is 3.17. The number of esters is 1. The third-order valence-corrected chi connectivity index (χ3v) is 5.26. The van der Waals surface area contributed by atoms with Crippen LogP contribution in [0.1, 0.15) is 13.8 Å². The molecule has 2 aromatic carbocycles. The first kappa shape index (κ1) is 22.0. The molecule has 0 aliphatic heterocycles. The zero-order chi connectivity index (χ0) is 22.4. The van der Waals surface area contributed by atoms with Crippen LogP contribution in [0.25, 0.3) is 10.2 Å². The third-order valence-electron chi connectivity index (χ3n) is 4.36. The number of ether oxygens (including phenoxy) is 1. The van der Waals surface area contributed by atoms with Gasteiger partial charge in [0.2, 0.25) is 5.13 Å². The summed E-state index contributed by atoms with van der Waals surface area (Å²) < 4.78 is 5.84. The maximum Gasteiger partial charge on any atom is 0.333 e. The second-order valence-corrected chi connectivity index (χ2v) is 7.63. The predicted molar refractivity (Wildman–Crippen MR) is 121 cm³/mol. The summed E-state index contributed by atoms with van der Waals surface area (Å²) in [6, 6.07) is 12.0. The number of nitro groups is 1. The number of carbonyl (C=O) groups is 1. The van der Waals surface area contributed by atoms with E-state index in [2.05, 4.69) is 26.7 Å². The SMILES string of the molecule is C=C(C)C(=O)OCCN(CC)c1ccc(N=Nc2nc3ccc([N+](=O)[O-])cc3s2)cc1. The number of fused-ring (bicyclic) bond motifs is 1. The monoisotopic (exact) mass is 439 g/mol. The van der Waals surface area contributed by atoms with Gasteiger partial charge in [-0.25, -0.2) is 9.78 Å². The summed E-state index contributed by atoms with van der Waals surface area (Å²) in [6.45, 7) is 8.79. The Morgan fingerprint density at radius 3 is 2.65 bits per heavy atom. The molecule has 1 heterocycles. The molecule has 0 bridgehead atoms. The second kappa shape index (κ2) is 9.90. The lowest BCUT2D eigenvalue weighted by Crippen LogP contribution is -2.28. The number of hydrogen-bond acceptors (Lipinski definition) is 9. The van der Waals surface area contributed by atoms with Gasteiger partial charge in [0.05, 0.1) is 27.4 Å². The number of nitro benzene ring substituents is 1. The first-order valence-corrected chi connectivity index (χ1v) is 10.3. The molecule has 0 atom stereocenters. The fourth-order valence-electron chi connectivity index (χ4n) is 2.73. The molecular formula is C21H21N5O4S. The molecule has 0 N–H and O–H groups in total. The smallest absolute Gasteiger partial charge is 0.333 e. The molecule has 0 unspecified atom stereocenters. The highest BCUT2D eigenvalue weighted by molar-refractivity contribution is 7.21. The van der Waals surface area contributed by atoms with E-state index in [1.54, 1.807) is 13.0 Å². The molecule has 9 nitrogen and oxygen atoms in total. The van der Waals surface area contributed by atoms with E-state index in [1.165, 1.54) is 23.5 Å². The number of azo groups is 1. The zero-order valence-electron chi connectivity index (χ0n) is 17.1. The Hall–Kier alpha value is -3.66. The highest BCUT2D eigenvalue weighted by Gasteiger charge is 2.10. The summed E-state index contributed by atoms with van der Waals surface area (Å²) in [6.07, 6.45) is 0. The van der Waals surface area contributed by atoms with Crippen LogP contribution in [0.15, 0.2) is 64.8 Å². The van der Waals surface area contributed by atoms with Crippen molar-refractivity contribution in [2.75, 3.05) is 24.6 Å². The van der Waals surface area contributed by atoms with E-state index in [0.717, 1.165) is 12.2 Å². The van der Waals surface area contributed by atoms with Crippen molar-refractivity contribution < 1.29 is 14.5 Å². The van der Waals surface area contributed by atoms with Gasteiger partial charge in [-0.2, -0.15) is 0 Å². The summed E-state index contributed by atoms with van der Waals surface area (Å²) in [4.78, 5) is 28.3. The van der Waals surface area contributed by atoms with Crippen molar-refractivity contribution in [1.29, 1.82) is 0 Å². The molecule has 0 saturated carbocycles. The number of aromatic nitrogens is 1. The van der Waals surface area contributed by atoms with E-state index < -0.39 is 10.9 Å². The van der Waals surface area contributed by atoms with Gasteiger partial charge in [0, 0.05) is 29.9 Å². The Morgan fingerprint density at radius 2 is 2.00 bits per heavy atom. The molecule has 3 rings (SSSR count). The number of rotatable bonds is 9. The van der Waals surface area contributed by atoms with Gasteiger partial charge in [0.25, 0.3) is 5.69 Å². The van der Waals surface area contributed by atoms with Crippen LogP contribution in [-0.4, -0.2) is 35.6 Å². The van der Waals surface area contributed by atoms with Crippen LogP contribution < -0.4 is 4.90 Å². The van der Waals surface area contributed by atoms with E-state index in [0.29, 0.717) is 33.2 Å². The first-order valence-electron chi connectivity index (χ1n) is 9.51. The van der Waals surface area contributed by atoms with E-state index in [9.17, 15) is 14.9 Å². The van der Waals surface area contributed by atoms with Gasteiger partial charge in [0.15, 0.2) is 0 Å². The highest BCUT2D eigenvalue weighted by atomic mass is 32.1. The van der Waals surface area contributed by atoms with Crippen molar-refractivity contribution in [3.63, 3.8) is 0 Å². The first-order chi connectivity index (χ1) is 14.9. The fraction of sp³-hybridized carbons (Fsp3) is 0.238. The van der Waals surface area contributed by atoms with Crippen molar-refractivity contribution in [2.45, 2.75) is 13.8 Å². The van der Waals surface area contributed by atoms with E-state index in [1.807, 2.05) is 31.2 Å². The maximum absolute atomic E-state index is 11.5. The van der Waals surface area contributed by atoms with Crippen molar-refractivity contribution in [3.8, 4) is 0 Å². The van der Waals surface area contributed by atoms with Crippen molar-refractivity contribution in [1.82, 2.24) is 4.98 Å². The largest absolute Gasteiger partial charge is 0.460 e. The van der Waals surface area contributed by atoms with Gasteiger partial charge >= 0.3 is 5.97 Å². The van der Waals surface area contributed by atoms with Gasteiger partial charge in [-0.1, -0.05) is 17.9 Å². The Bertz CT molecular complexity index is 1140. The summed E-state index contributed by atoms with van der Waals surface area (Å²) in [5.41, 5.74) is 2.67. The van der Waals surface area contributed by atoms with E-state index >= 15 is 0 Å². The molecular weight excluding hydrogens is 418 g/mol. The molecule has 10 heteroatoms. The molecule has 0 spiro atoms. The molecule has 0 aliphatic carbocycles. The molecule has 160 valence electrons. The number of hydrogen-bond donors (Lipinski definition) is 0. The van der Waals surface area contributed by atoms with Crippen LogP contribution in [0, 0.1) is 10.1 Å². The quantitative estimate of drug-likeness (QED) is 0.142. The molecule has 0 amide bonds. The fourth-order valence-corrected chi connectivity index (χ4v) is 3.55. The number of carbonyl (C=O) groups excluding carboxylic acids is 1. The van der Waals surface area contributed by atoms with E-state index in [-0.39, 0.29) is 12.3 Å². The van der Waals surface area contributed by atoms with Crippen LogP contribution in [0.3, 0.4) is 0 Å². The summed E-state index contributed by atoms with van der Waals surface area (Å²) in [5, 5.41) is 19.7. The van der Waals surface area contributed by atoms with Crippen LogP contribution in [-0.2, 0) is 9.53 Å². The Kier molecular flexibility index (Phi) is 7.03. The lowest BCUT2D eigenvalue weighted by molar-refractivity contribution is -0.384. The summed E-state index contributed by atoms with van der Waals surface area (Å²) in [7, 11) is 0. The average molecular weight is 439 g/mol. The minimum Gasteiger partial charge on any atom is -0.460 e. The molecule has 31 heavy (non-hydrogen) atoms. The molecule has 0 radical (unpaired) electrons.